The minimum absolute atomic E-state index is 0.343. The van der Waals surface area contributed by atoms with Crippen LogP contribution in [0.25, 0.3) is 0 Å². The van der Waals surface area contributed by atoms with Gasteiger partial charge in [-0.1, -0.05) is 44.5 Å². The lowest BCUT2D eigenvalue weighted by Gasteiger charge is -2.32. The summed E-state index contributed by atoms with van der Waals surface area (Å²) in [6.07, 6.45) is 4.59. The van der Waals surface area contributed by atoms with Crippen molar-refractivity contribution in [3.63, 3.8) is 0 Å². The van der Waals surface area contributed by atoms with Crippen molar-refractivity contribution in [1.29, 1.82) is 0 Å². The molecule has 106 valence electrons. The number of β-amino-alcohol motifs (C(OH)–C–C–N with tert-alkyl or cyclic N) is 1. The maximum absolute atomic E-state index is 10.3. The standard InChI is InChI=1S/C17H27NO/c1-3-14-5-7-16(8-6-14)17(19)13-18-11-9-15(4-2)10-12-18/h5-8,15,17,19H,3-4,9-13H2,1-2H3. The maximum atomic E-state index is 10.3. The Hall–Kier alpha value is -0.860. The zero-order valence-corrected chi connectivity index (χ0v) is 12.3. The molecule has 1 atom stereocenters. The predicted molar refractivity (Wildman–Crippen MR) is 80.2 cm³/mol. The third-order valence-electron chi connectivity index (χ3n) is 4.49. The summed E-state index contributed by atoms with van der Waals surface area (Å²) in [6.45, 7) is 7.50. The summed E-state index contributed by atoms with van der Waals surface area (Å²) in [5.41, 5.74) is 2.38. The number of hydrogen-bond donors (Lipinski definition) is 1. The van der Waals surface area contributed by atoms with Crippen LogP contribution in [0, 0.1) is 5.92 Å². The number of aliphatic hydroxyl groups excluding tert-OH is 1. The van der Waals surface area contributed by atoms with E-state index in [1.54, 1.807) is 0 Å². The molecule has 1 heterocycles. The van der Waals surface area contributed by atoms with Gasteiger partial charge >= 0.3 is 0 Å². The first kappa shape index (κ1) is 14.5. The lowest BCUT2D eigenvalue weighted by Crippen LogP contribution is -2.36. The molecule has 1 N–H and O–H groups in total. The van der Waals surface area contributed by atoms with E-state index in [9.17, 15) is 5.11 Å². The molecule has 2 heteroatoms. The molecule has 2 nitrogen and oxygen atoms in total. The molecule has 1 aliphatic heterocycles. The van der Waals surface area contributed by atoms with Gasteiger partial charge in [0.1, 0.15) is 0 Å². The molecule has 1 aromatic carbocycles. The van der Waals surface area contributed by atoms with Crippen molar-refractivity contribution in [2.45, 2.75) is 45.6 Å². The fourth-order valence-electron chi connectivity index (χ4n) is 2.90. The average Bonchev–Trinajstić information content (AvgIpc) is 2.48. The second kappa shape index (κ2) is 7.06. The third-order valence-corrected chi connectivity index (χ3v) is 4.49. The molecule has 19 heavy (non-hydrogen) atoms. The van der Waals surface area contributed by atoms with Crippen LogP contribution in [0.5, 0.6) is 0 Å². The van der Waals surface area contributed by atoms with Gasteiger partial charge in [-0.2, -0.15) is 0 Å². The van der Waals surface area contributed by atoms with Crippen molar-refractivity contribution in [2.75, 3.05) is 19.6 Å². The maximum Gasteiger partial charge on any atom is 0.0916 e. The summed E-state index contributed by atoms with van der Waals surface area (Å²) in [5, 5.41) is 10.3. The quantitative estimate of drug-likeness (QED) is 0.878. The number of piperidine rings is 1. The Morgan fingerprint density at radius 3 is 2.32 bits per heavy atom. The van der Waals surface area contributed by atoms with Gasteiger partial charge in [-0.3, -0.25) is 0 Å². The second-order valence-electron chi connectivity index (χ2n) is 5.76. The van der Waals surface area contributed by atoms with Crippen molar-refractivity contribution >= 4 is 0 Å². The summed E-state index contributed by atoms with van der Waals surface area (Å²) >= 11 is 0. The van der Waals surface area contributed by atoms with Crippen LogP contribution in [-0.2, 0) is 6.42 Å². The van der Waals surface area contributed by atoms with Gasteiger partial charge < -0.3 is 10.0 Å². The highest BCUT2D eigenvalue weighted by Gasteiger charge is 2.20. The van der Waals surface area contributed by atoms with Crippen LogP contribution < -0.4 is 0 Å². The van der Waals surface area contributed by atoms with Crippen LogP contribution in [0.1, 0.15) is 50.3 Å². The van der Waals surface area contributed by atoms with Crippen molar-refractivity contribution in [1.82, 2.24) is 4.90 Å². The summed E-state index contributed by atoms with van der Waals surface area (Å²) in [7, 11) is 0. The zero-order chi connectivity index (χ0) is 13.7. The Morgan fingerprint density at radius 2 is 1.79 bits per heavy atom. The van der Waals surface area contributed by atoms with E-state index in [1.807, 2.05) is 0 Å². The van der Waals surface area contributed by atoms with Gasteiger partial charge in [-0.25, -0.2) is 0 Å². The lowest BCUT2D eigenvalue weighted by atomic mass is 9.94. The molecule has 0 aromatic heterocycles. The van der Waals surface area contributed by atoms with Gasteiger partial charge in [0.25, 0.3) is 0 Å². The highest BCUT2D eigenvalue weighted by molar-refractivity contribution is 5.24. The first-order valence-corrected chi connectivity index (χ1v) is 7.72. The molecule has 0 radical (unpaired) electrons. The Morgan fingerprint density at radius 1 is 1.16 bits per heavy atom. The molecule has 1 saturated heterocycles. The van der Waals surface area contributed by atoms with Gasteiger partial charge in [-0.05, 0) is 49.4 Å². The van der Waals surface area contributed by atoms with Crippen LogP contribution in [-0.4, -0.2) is 29.6 Å². The van der Waals surface area contributed by atoms with E-state index in [4.69, 9.17) is 0 Å². The molecule has 1 aromatic rings. The molecule has 0 bridgehead atoms. The van der Waals surface area contributed by atoms with E-state index in [0.717, 1.165) is 37.5 Å². The molecular weight excluding hydrogens is 234 g/mol. The smallest absolute Gasteiger partial charge is 0.0916 e. The lowest BCUT2D eigenvalue weighted by molar-refractivity contribution is 0.0887. The molecule has 1 fully saturated rings. The van der Waals surface area contributed by atoms with Crippen LogP contribution in [0.3, 0.4) is 0 Å². The number of aryl methyl sites for hydroxylation is 1. The minimum atomic E-state index is -0.343. The van der Waals surface area contributed by atoms with Crippen molar-refractivity contribution < 1.29 is 5.11 Å². The van der Waals surface area contributed by atoms with Gasteiger partial charge in [0.05, 0.1) is 6.10 Å². The van der Waals surface area contributed by atoms with Crippen molar-refractivity contribution in [2.24, 2.45) is 5.92 Å². The van der Waals surface area contributed by atoms with Crippen LogP contribution >= 0.6 is 0 Å². The molecule has 0 spiro atoms. The highest BCUT2D eigenvalue weighted by atomic mass is 16.3. The Balaban J connectivity index is 1.85. The Labute approximate surface area is 117 Å². The summed E-state index contributed by atoms with van der Waals surface area (Å²) in [5.74, 6) is 0.900. The first-order valence-electron chi connectivity index (χ1n) is 7.72. The van der Waals surface area contributed by atoms with Crippen LogP contribution in [0.15, 0.2) is 24.3 Å². The normalized spacial score (nSPS) is 19.5. The second-order valence-corrected chi connectivity index (χ2v) is 5.76. The third kappa shape index (κ3) is 4.05. The monoisotopic (exact) mass is 261 g/mol. The summed E-state index contributed by atoms with van der Waals surface area (Å²) in [6, 6.07) is 8.40. The SMILES string of the molecule is CCc1ccc(C(O)CN2CCC(CC)CC2)cc1. The Bertz CT molecular complexity index is 365. The first-order chi connectivity index (χ1) is 9.22. The largest absolute Gasteiger partial charge is 0.387 e. The predicted octanol–water partition coefficient (Wildman–Crippen LogP) is 3.40. The molecule has 0 aliphatic carbocycles. The van der Waals surface area contributed by atoms with E-state index in [2.05, 4.69) is 43.0 Å². The highest BCUT2D eigenvalue weighted by Crippen LogP contribution is 2.22. The number of nitrogens with zero attached hydrogens (tertiary/aromatic N) is 1. The Kier molecular flexibility index (Phi) is 5.41. The zero-order valence-electron chi connectivity index (χ0n) is 12.3. The van der Waals surface area contributed by atoms with Crippen molar-refractivity contribution in [3.8, 4) is 0 Å². The molecule has 2 rings (SSSR count). The number of benzene rings is 1. The van der Waals surface area contributed by atoms with E-state index < -0.39 is 0 Å². The number of aliphatic hydroxyl groups is 1. The van der Waals surface area contributed by atoms with E-state index in [-0.39, 0.29) is 6.10 Å². The molecular formula is C17H27NO. The van der Waals surface area contributed by atoms with Crippen LogP contribution in [0.4, 0.5) is 0 Å². The topological polar surface area (TPSA) is 23.5 Å². The molecule has 0 amide bonds. The van der Waals surface area contributed by atoms with E-state index >= 15 is 0 Å². The molecule has 1 aliphatic rings. The minimum Gasteiger partial charge on any atom is -0.387 e. The van der Waals surface area contributed by atoms with Gasteiger partial charge in [0.15, 0.2) is 0 Å². The number of likely N-dealkylation sites (tertiary alicyclic amines) is 1. The average molecular weight is 261 g/mol. The van der Waals surface area contributed by atoms with Crippen molar-refractivity contribution in [3.05, 3.63) is 35.4 Å². The number of hydrogen-bond acceptors (Lipinski definition) is 2. The van der Waals surface area contributed by atoms with E-state index in [1.165, 1.54) is 24.8 Å². The van der Waals surface area contributed by atoms with Gasteiger partial charge in [-0.15, -0.1) is 0 Å². The van der Waals surface area contributed by atoms with Gasteiger partial charge in [0.2, 0.25) is 0 Å². The summed E-state index contributed by atoms with van der Waals surface area (Å²) < 4.78 is 0. The molecule has 1 unspecified atom stereocenters. The van der Waals surface area contributed by atoms with Crippen LogP contribution in [0.2, 0.25) is 0 Å². The summed E-state index contributed by atoms with van der Waals surface area (Å²) in [4.78, 5) is 2.41. The van der Waals surface area contributed by atoms with Gasteiger partial charge in [0, 0.05) is 6.54 Å². The fraction of sp³-hybridized carbons (Fsp3) is 0.647. The number of rotatable bonds is 5. The fourth-order valence-corrected chi connectivity index (χ4v) is 2.90. The molecule has 0 saturated carbocycles. The van der Waals surface area contributed by atoms with E-state index in [0.29, 0.717) is 0 Å².